The maximum Gasteiger partial charge on any atom is 0.405 e. The van der Waals surface area contributed by atoms with Gasteiger partial charge in [0.25, 0.3) is 0 Å². The van der Waals surface area contributed by atoms with E-state index in [0.717, 1.165) is 6.42 Å². The lowest BCUT2D eigenvalue weighted by Crippen LogP contribution is -2.43. The smallest absolute Gasteiger partial charge is 0.391 e. The van der Waals surface area contributed by atoms with E-state index in [1.165, 1.54) is 6.20 Å². The monoisotopic (exact) mass is 296 g/mol. The zero-order valence-electron chi connectivity index (χ0n) is 9.71. The third-order valence-corrected chi connectivity index (χ3v) is 3.03. The maximum absolute atomic E-state index is 12.1. The van der Waals surface area contributed by atoms with Crippen molar-refractivity contribution in [3.63, 3.8) is 0 Å². The number of alkyl halides is 3. The van der Waals surface area contributed by atoms with Crippen LogP contribution in [-0.4, -0.2) is 39.9 Å². The summed E-state index contributed by atoms with van der Waals surface area (Å²) in [6, 6.07) is -0.170. The number of aliphatic hydroxyl groups is 1. The fraction of sp³-hybridized carbons (Fsp3) is 0.600. The lowest BCUT2D eigenvalue weighted by molar-refractivity contribution is -0.115. The van der Waals surface area contributed by atoms with Crippen molar-refractivity contribution < 1.29 is 18.3 Å². The molecule has 0 aliphatic heterocycles. The highest BCUT2D eigenvalue weighted by atomic mass is 35.5. The van der Waals surface area contributed by atoms with Crippen LogP contribution < -0.4 is 10.6 Å². The van der Waals surface area contributed by atoms with E-state index in [9.17, 15) is 18.3 Å². The van der Waals surface area contributed by atoms with Gasteiger partial charge in [0.15, 0.2) is 5.82 Å². The average molecular weight is 297 g/mol. The number of nitrogens with zero attached hydrogens (tertiary/aromatic N) is 2. The van der Waals surface area contributed by atoms with Crippen LogP contribution in [0.5, 0.6) is 0 Å². The van der Waals surface area contributed by atoms with Gasteiger partial charge in [-0.15, -0.1) is 0 Å². The summed E-state index contributed by atoms with van der Waals surface area (Å²) in [5, 5.41) is 14.3. The summed E-state index contributed by atoms with van der Waals surface area (Å²) in [6.07, 6.45) is -2.18. The molecule has 0 aromatic carbocycles. The largest absolute Gasteiger partial charge is 0.405 e. The van der Waals surface area contributed by atoms with Crippen molar-refractivity contribution >= 4 is 23.4 Å². The first-order chi connectivity index (χ1) is 8.85. The van der Waals surface area contributed by atoms with Gasteiger partial charge in [-0.1, -0.05) is 11.6 Å². The van der Waals surface area contributed by atoms with Crippen LogP contribution in [-0.2, 0) is 0 Å². The van der Waals surface area contributed by atoms with Crippen molar-refractivity contribution in [1.29, 1.82) is 0 Å². The summed E-state index contributed by atoms with van der Waals surface area (Å²) in [5.74, 6) is 0.0446. The molecule has 19 heavy (non-hydrogen) atoms. The van der Waals surface area contributed by atoms with E-state index in [4.69, 9.17) is 11.6 Å². The van der Waals surface area contributed by atoms with Crippen LogP contribution in [0.3, 0.4) is 0 Å². The first-order valence-corrected chi connectivity index (χ1v) is 6.01. The molecule has 9 heteroatoms. The molecule has 1 fully saturated rings. The highest BCUT2D eigenvalue weighted by molar-refractivity contribution is 6.32. The molecule has 0 amide bonds. The second kappa shape index (κ2) is 5.38. The average Bonchev–Trinajstić information content (AvgIpc) is 2.33. The second-order valence-corrected chi connectivity index (χ2v) is 4.66. The van der Waals surface area contributed by atoms with Crippen molar-refractivity contribution in [2.75, 3.05) is 17.2 Å². The number of halogens is 4. The number of hydrogen-bond acceptors (Lipinski definition) is 5. The zero-order chi connectivity index (χ0) is 14.0. The molecule has 3 N–H and O–H groups in total. The Labute approximate surface area is 112 Å². The molecule has 1 saturated carbocycles. The van der Waals surface area contributed by atoms with E-state index < -0.39 is 18.8 Å². The van der Waals surface area contributed by atoms with Gasteiger partial charge in [-0.3, -0.25) is 0 Å². The molecule has 5 nitrogen and oxygen atoms in total. The molecule has 106 valence electrons. The third-order valence-electron chi connectivity index (χ3n) is 2.75. The predicted molar refractivity (Wildman–Crippen MR) is 64.2 cm³/mol. The van der Waals surface area contributed by atoms with Crippen LogP contribution in [0.15, 0.2) is 6.20 Å². The van der Waals surface area contributed by atoms with Gasteiger partial charge in [-0.05, 0) is 12.8 Å². The van der Waals surface area contributed by atoms with Crippen LogP contribution in [0.25, 0.3) is 0 Å². The van der Waals surface area contributed by atoms with Crippen LogP contribution in [0, 0.1) is 0 Å². The molecule has 1 aromatic rings. The Morgan fingerprint density at radius 1 is 1.42 bits per heavy atom. The predicted octanol–water partition coefficient (Wildman–Crippen LogP) is 2.04. The van der Waals surface area contributed by atoms with Gasteiger partial charge < -0.3 is 15.7 Å². The molecule has 0 bridgehead atoms. The number of hydrogen-bond donors (Lipinski definition) is 3. The van der Waals surface area contributed by atoms with Gasteiger partial charge in [-0.25, -0.2) is 4.98 Å². The molecular weight excluding hydrogens is 285 g/mol. The molecule has 1 aliphatic carbocycles. The quantitative estimate of drug-likeness (QED) is 0.793. The fourth-order valence-corrected chi connectivity index (χ4v) is 1.72. The number of rotatable bonds is 4. The second-order valence-electron chi connectivity index (χ2n) is 4.25. The van der Waals surface area contributed by atoms with Crippen LogP contribution in [0.2, 0.25) is 5.02 Å². The highest BCUT2D eigenvalue weighted by Crippen LogP contribution is 2.25. The van der Waals surface area contributed by atoms with Crippen molar-refractivity contribution in [3.8, 4) is 0 Å². The minimum absolute atomic E-state index is 0.00366. The molecule has 1 aromatic heterocycles. The molecule has 0 unspecified atom stereocenters. The summed E-state index contributed by atoms with van der Waals surface area (Å²) >= 11 is 5.71. The number of aliphatic hydroxyl groups excluding tert-OH is 1. The topological polar surface area (TPSA) is 70.1 Å². The highest BCUT2D eigenvalue weighted by Gasteiger charge is 2.30. The minimum Gasteiger partial charge on any atom is -0.391 e. The molecule has 0 radical (unpaired) electrons. The SMILES string of the molecule is O[C@@H]1CC[C@@H]1Nc1ncc(Cl)c(NCC(F)(F)F)n1. The van der Waals surface area contributed by atoms with Gasteiger partial charge in [0.1, 0.15) is 11.6 Å². The van der Waals surface area contributed by atoms with Gasteiger partial charge >= 0.3 is 6.18 Å². The third kappa shape index (κ3) is 3.84. The van der Waals surface area contributed by atoms with Crippen molar-refractivity contribution in [2.45, 2.75) is 31.2 Å². The standard InChI is InChI=1S/C10H12ClF3N4O/c11-5-3-15-9(17-6-1-2-7(6)19)18-8(5)16-4-10(12,13)14/h3,6-7,19H,1-2,4H2,(H2,15,16,17,18)/t6-,7+/m0/s1. The van der Waals surface area contributed by atoms with Crippen molar-refractivity contribution in [3.05, 3.63) is 11.2 Å². The summed E-state index contributed by atoms with van der Waals surface area (Å²) in [6.45, 7) is -1.23. The Hall–Kier alpha value is -1.28. The Bertz CT molecular complexity index is 457. The molecule has 1 aliphatic rings. The molecular formula is C10H12ClF3N4O. The number of nitrogens with one attached hydrogen (secondary N) is 2. The van der Waals surface area contributed by atoms with Crippen LogP contribution in [0.1, 0.15) is 12.8 Å². The van der Waals surface area contributed by atoms with Crippen molar-refractivity contribution in [1.82, 2.24) is 9.97 Å². The minimum atomic E-state index is -4.36. The van der Waals surface area contributed by atoms with E-state index >= 15 is 0 Å². The lowest BCUT2D eigenvalue weighted by atomic mass is 9.89. The van der Waals surface area contributed by atoms with Gasteiger partial charge in [0, 0.05) is 0 Å². The van der Waals surface area contributed by atoms with Crippen molar-refractivity contribution in [2.24, 2.45) is 0 Å². The Balaban J connectivity index is 2.02. The first-order valence-electron chi connectivity index (χ1n) is 5.63. The van der Waals surface area contributed by atoms with Gasteiger partial charge in [0.05, 0.1) is 18.3 Å². The first kappa shape index (κ1) is 14.1. The Morgan fingerprint density at radius 3 is 2.68 bits per heavy atom. The van der Waals surface area contributed by atoms with E-state index in [1.54, 1.807) is 0 Å². The Morgan fingerprint density at radius 2 is 2.16 bits per heavy atom. The van der Waals surface area contributed by atoms with E-state index in [2.05, 4.69) is 20.6 Å². The summed E-state index contributed by atoms with van der Waals surface area (Å²) in [4.78, 5) is 7.71. The molecule has 0 saturated heterocycles. The van der Waals surface area contributed by atoms with Gasteiger partial charge in [-0.2, -0.15) is 18.2 Å². The summed E-state index contributed by atoms with van der Waals surface area (Å²) in [5.41, 5.74) is 0. The van der Waals surface area contributed by atoms with E-state index in [-0.39, 0.29) is 22.8 Å². The molecule has 1 heterocycles. The van der Waals surface area contributed by atoms with E-state index in [0.29, 0.717) is 6.42 Å². The van der Waals surface area contributed by atoms with Gasteiger partial charge in [0.2, 0.25) is 5.95 Å². The van der Waals surface area contributed by atoms with Crippen LogP contribution in [0.4, 0.5) is 24.9 Å². The molecule has 0 spiro atoms. The van der Waals surface area contributed by atoms with Crippen LogP contribution >= 0.6 is 11.6 Å². The maximum atomic E-state index is 12.1. The van der Waals surface area contributed by atoms with E-state index in [1.807, 2.05) is 0 Å². The number of aromatic nitrogens is 2. The zero-order valence-corrected chi connectivity index (χ0v) is 10.5. The summed E-state index contributed by atoms with van der Waals surface area (Å²) < 4.78 is 36.3. The fourth-order valence-electron chi connectivity index (χ4n) is 1.56. The lowest BCUT2D eigenvalue weighted by Gasteiger charge is -2.32. The molecule has 2 atom stereocenters. The summed E-state index contributed by atoms with van der Waals surface area (Å²) in [7, 11) is 0. The number of anilines is 2. The Kier molecular flexibility index (Phi) is 4.00. The normalized spacial score (nSPS) is 22.8. The molecule has 2 rings (SSSR count).